The molecule has 0 atom stereocenters. The number of hydrogen-bond acceptors (Lipinski definition) is 5. The number of aryl methyl sites for hydroxylation is 3. The zero-order valence-corrected chi connectivity index (χ0v) is 25.0. The fourth-order valence-corrected chi connectivity index (χ4v) is 5.52. The lowest BCUT2D eigenvalue weighted by molar-refractivity contribution is 0.368. The van der Waals surface area contributed by atoms with E-state index in [1.807, 2.05) is 50.1 Å². The Bertz CT molecular complexity index is 1170. The van der Waals surface area contributed by atoms with Crippen LogP contribution in [0.3, 0.4) is 0 Å². The average Bonchev–Trinajstić information content (AvgIpc) is 3.68. The summed E-state index contributed by atoms with van der Waals surface area (Å²) in [4.78, 5) is 17.7. The number of imidazole rings is 2. The Labute approximate surface area is 241 Å². The van der Waals surface area contributed by atoms with Crippen LogP contribution in [0.25, 0.3) is 0 Å². The van der Waals surface area contributed by atoms with Gasteiger partial charge in [0.25, 0.3) is 0 Å². The van der Waals surface area contributed by atoms with Crippen LogP contribution in [0.1, 0.15) is 75.0 Å². The first-order valence-electron chi connectivity index (χ1n) is 15.3. The molecular formula is C33H49N7. The molecule has 7 rings (SSSR count). The van der Waals surface area contributed by atoms with Gasteiger partial charge in [-0.3, -0.25) is 4.99 Å². The number of benzene rings is 1. The minimum Gasteiger partial charge on any atom is -0.375 e. The summed E-state index contributed by atoms with van der Waals surface area (Å²) in [6.07, 6.45) is 22.0. The van der Waals surface area contributed by atoms with Crippen LogP contribution in [0.15, 0.2) is 71.9 Å². The molecule has 0 spiro atoms. The second-order valence-electron chi connectivity index (χ2n) is 11.1. The van der Waals surface area contributed by atoms with Gasteiger partial charge >= 0.3 is 0 Å². The summed E-state index contributed by atoms with van der Waals surface area (Å²) in [6, 6.07) is 10.4. The van der Waals surface area contributed by atoms with E-state index < -0.39 is 0 Å². The van der Waals surface area contributed by atoms with Crippen LogP contribution < -0.4 is 0 Å². The van der Waals surface area contributed by atoms with Crippen LogP contribution in [0, 0.1) is 13.8 Å². The van der Waals surface area contributed by atoms with Crippen LogP contribution >= 0.6 is 0 Å². The molecule has 216 valence electrons. The van der Waals surface area contributed by atoms with Crippen molar-refractivity contribution in [2.45, 2.75) is 78.2 Å². The lowest BCUT2D eigenvalue weighted by Gasteiger charge is -2.27. The van der Waals surface area contributed by atoms with Crippen molar-refractivity contribution in [1.82, 2.24) is 28.9 Å². The van der Waals surface area contributed by atoms with Crippen LogP contribution in [0.5, 0.6) is 0 Å². The molecule has 4 aliphatic rings. The molecule has 0 saturated carbocycles. The molecule has 2 saturated heterocycles. The number of aliphatic imine (C=N–C) groups is 1. The third-order valence-electron chi connectivity index (χ3n) is 8.03. The number of amidine groups is 1. The van der Waals surface area contributed by atoms with Crippen LogP contribution in [-0.4, -0.2) is 67.5 Å². The van der Waals surface area contributed by atoms with Crippen molar-refractivity contribution in [2.24, 2.45) is 12.0 Å². The predicted octanol–water partition coefficient (Wildman–Crippen LogP) is 6.39. The van der Waals surface area contributed by atoms with Crippen molar-refractivity contribution in [2.75, 3.05) is 32.7 Å². The molecule has 0 N–H and O–H groups in total. The Morgan fingerprint density at radius 3 is 2.17 bits per heavy atom. The standard InChI is InChI=1S/C11H12N2.C9H16N2.C8H13N.C5H8N2/c1-10-12-7-8-13(10)9-11-5-3-2-4-6-11;1-2-5-9-10-6-4-8-11(9)7-3-1;1-2-6-9-7-3-5-8(9)4-1;1-5-6-3-4-7(5)2/h2-8H,9H2,1H3;1-8H2;4H,1-3,5-7H2;3-4H,1-2H3. The Balaban J connectivity index is 0.000000126. The van der Waals surface area contributed by atoms with Gasteiger partial charge in [0.05, 0.1) is 5.84 Å². The zero-order chi connectivity index (χ0) is 28.0. The summed E-state index contributed by atoms with van der Waals surface area (Å²) >= 11 is 0. The summed E-state index contributed by atoms with van der Waals surface area (Å²) in [5, 5.41) is 0. The van der Waals surface area contributed by atoms with E-state index in [1.165, 1.54) is 95.4 Å². The molecule has 7 nitrogen and oxygen atoms in total. The van der Waals surface area contributed by atoms with Gasteiger partial charge in [0.15, 0.2) is 0 Å². The number of rotatable bonds is 2. The molecule has 3 aromatic rings. The second kappa shape index (κ2) is 16.0. The van der Waals surface area contributed by atoms with E-state index in [0.717, 1.165) is 24.7 Å². The maximum absolute atomic E-state index is 4.55. The highest BCUT2D eigenvalue weighted by Gasteiger charge is 2.18. The fraction of sp³-hybridized carbons (Fsp3) is 0.545. The first-order valence-corrected chi connectivity index (χ1v) is 15.3. The lowest BCUT2D eigenvalue weighted by atomic mass is 10.2. The average molecular weight is 544 g/mol. The van der Waals surface area contributed by atoms with E-state index in [0.29, 0.717) is 0 Å². The third kappa shape index (κ3) is 9.39. The summed E-state index contributed by atoms with van der Waals surface area (Å²) in [5.74, 6) is 3.51. The molecule has 0 bridgehead atoms. The molecule has 40 heavy (non-hydrogen) atoms. The van der Waals surface area contributed by atoms with Gasteiger partial charge < -0.3 is 18.9 Å². The van der Waals surface area contributed by atoms with Crippen molar-refractivity contribution >= 4 is 5.84 Å². The SMILES string of the molecule is C1=C2CCCN2CCC1.C1CCC2=NCCCN2CC1.Cc1nccn1C.Cc1nccn1Cc1ccccc1. The Hall–Kier alpha value is -3.35. The number of aromatic nitrogens is 4. The maximum Gasteiger partial charge on any atom is 0.105 e. The number of hydrogen-bond donors (Lipinski definition) is 0. The Morgan fingerprint density at radius 2 is 1.48 bits per heavy atom. The normalized spacial score (nSPS) is 17.8. The zero-order valence-electron chi connectivity index (χ0n) is 25.0. The first-order chi connectivity index (χ1) is 19.6. The lowest BCUT2D eigenvalue weighted by Crippen LogP contribution is -2.34. The maximum atomic E-state index is 4.55. The Morgan fingerprint density at radius 1 is 0.725 bits per heavy atom. The highest BCUT2D eigenvalue weighted by Crippen LogP contribution is 2.25. The van der Waals surface area contributed by atoms with Gasteiger partial charge in [-0.2, -0.15) is 0 Å². The quantitative estimate of drug-likeness (QED) is 0.376. The van der Waals surface area contributed by atoms with Gasteiger partial charge in [0.2, 0.25) is 0 Å². The largest absolute Gasteiger partial charge is 0.375 e. The second-order valence-corrected chi connectivity index (χ2v) is 11.1. The van der Waals surface area contributed by atoms with Crippen LogP contribution in [0.4, 0.5) is 0 Å². The molecule has 2 aromatic heterocycles. The van der Waals surface area contributed by atoms with E-state index in [1.54, 1.807) is 11.9 Å². The van der Waals surface area contributed by atoms with Crippen LogP contribution in [0.2, 0.25) is 0 Å². The molecule has 6 heterocycles. The highest BCUT2D eigenvalue weighted by molar-refractivity contribution is 5.83. The Kier molecular flexibility index (Phi) is 11.9. The van der Waals surface area contributed by atoms with E-state index in [4.69, 9.17) is 0 Å². The van der Waals surface area contributed by atoms with Gasteiger partial charge in [-0.1, -0.05) is 42.8 Å². The molecule has 0 aliphatic carbocycles. The van der Waals surface area contributed by atoms with Gasteiger partial charge in [0.1, 0.15) is 11.6 Å². The highest BCUT2D eigenvalue weighted by atomic mass is 15.2. The molecule has 1 aromatic carbocycles. The van der Waals surface area contributed by atoms with Crippen molar-refractivity contribution in [3.8, 4) is 0 Å². The summed E-state index contributed by atoms with van der Waals surface area (Å²) in [7, 11) is 1.97. The summed E-state index contributed by atoms with van der Waals surface area (Å²) < 4.78 is 4.11. The van der Waals surface area contributed by atoms with Gasteiger partial charge in [-0.05, 0) is 64.4 Å². The monoisotopic (exact) mass is 543 g/mol. The molecular weight excluding hydrogens is 494 g/mol. The van der Waals surface area contributed by atoms with Crippen molar-refractivity contribution in [1.29, 1.82) is 0 Å². The summed E-state index contributed by atoms with van der Waals surface area (Å²) in [5.41, 5.74) is 2.94. The van der Waals surface area contributed by atoms with Crippen LogP contribution in [-0.2, 0) is 13.6 Å². The van der Waals surface area contributed by atoms with E-state index in [2.05, 4.69) is 59.7 Å². The number of fused-ring (bicyclic) bond motifs is 2. The third-order valence-corrected chi connectivity index (χ3v) is 8.03. The minimum absolute atomic E-state index is 0.909. The molecule has 7 heteroatoms. The van der Waals surface area contributed by atoms with E-state index >= 15 is 0 Å². The molecule has 0 amide bonds. The molecule has 4 aliphatic heterocycles. The topological polar surface area (TPSA) is 54.5 Å². The summed E-state index contributed by atoms with van der Waals surface area (Å²) in [6.45, 7) is 11.1. The molecule has 0 radical (unpaired) electrons. The first kappa shape index (κ1) is 29.6. The fourth-order valence-electron chi connectivity index (χ4n) is 5.52. The minimum atomic E-state index is 0.909. The van der Waals surface area contributed by atoms with E-state index in [9.17, 15) is 0 Å². The number of nitrogens with zero attached hydrogens (tertiary/aromatic N) is 7. The number of allylic oxidation sites excluding steroid dienone is 2. The predicted molar refractivity (Wildman–Crippen MR) is 166 cm³/mol. The van der Waals surface area contributed by atoms with Crippen molar-refractivity contribution < 1.29 is 0 Å². The van der Waals surface area contributed by atoms with Crippen molar-refractivity contribution in [3.05, 3.63) is 84.1 Å². The van der Waals surface area contributed by atoms with E-state index in [-0.39, 0.29) is 0 Å². The molecule has 0 unspecified atom stereocenters. The van der Waals surface area contributed by atoms with Gasteiger partial charge in [-0.25, -0.2) is 9.97 Å². The molecule has 2 fully saturated rings. The van der Waals surface area contributed by atoms with Gasteiger partial charge in [-0.15, -0.1) is 0 Å². The smallest absolute Gasteiger partial charge is 0.105 e. The van der Waals surface area contributed by atoms with Gasteiger partial charge in [0, 0.05) is 83.2 Å². The van der Waals surface area contributed by atoms with Crippen molar-refractivity contribution in [3.63, 3.8) is 0 Å².